The fourth-order valence-corrected chi connectivity index (χ4v) is 3.41. The fraction of sp³-hybridized carbons (Fsp3) is 0.400. The number of hydroxylamine groups is 1. The third-order valence-electron chi connectivity index (χ3n) is 4.66. The second-order valence-electron chi connectivity index (χ2n) is 6.42. The molecule has 7 heteroatoms. The Labute approximate surface area is 157 Å². The normalized spacial score (nSPS) is 16.7. The number of esters is 1. The van der Waals surface area contributed by atoms with E-state index in [1.54, 1.807) is 7.11 Å². The molecule has 27 heavy (non-hydrogen) atoms. The van der Waals surface area contributed by atoms with Crippen molar-refractivity contribution in [2.45, 2.75) is 38.7 Å². The molecule has 1 aromatic heterocycles. The topological polar surface area (TPSA) is 89.7 Å². The van der Waals surface area contributed by atoms with Gasteiger partial charge in [0.25, 0.3) is 5.91 Å². The number of para-hydroxylation sites is 1. The van der Waals surface area contributed by atoms with Crippen LogP contribution in [0.25, 0.3) is 16.5 Å². The Morgan fingerprint density at radius 1 is 1.30 bits per heavy atom. The summed E-state index contributed by atoms with van der Waals surface area (Å²) in [7, 11) is 2.92. The van der Waals surface area contributed by atoms with Gasteiger partial charge in [-0.15, -0.1) is 0 Å². The van der Waals surface area contributed by atoms with Crippen molar-refractivity contribution in [2.75, 3.05) is 14.2 Å². The number of methoxy groups -OCH3 is 1. The predicted octanol–water partition coefficient (Wildman–Crippen LogP) is 3.11. The molecule has 2 aromatic rings. The van der Waals surface area contributed by atoms with Gasteiger partial charge < -0.3 is 14.5 Å². The highest BCUT2D eigenvalue weighted by atomic mass is 16.6. The molecular formula is C20H24N2O5. The Hall–Kier alpha value is -2.80. The van der Waals surface area contributed by atoms with Crippen LogP contribution in [0.1, 0.15) is 38.3 Å². The first-order valence-electron chi connectivity index (χ1n) is 9.05. The van der Waals surface area contributed by atoms with Gasteiger partial charge in [-0.25, -0.2) is 10.3 Å². The Balaban J connectivity index is 2.09. The molecule has 1 amide bonds. The van der Waals surface area contributed by atoms with Gasteiger partial charge in [-0.1, -0.05) is 31.9 Å². The number of ether oxygens (including phenoxy) is 2. The van der Waals surface area contributed by atoms with E-state index in [1.807, 2.05) is 24.3 Å². The number of cyclic esters (lactones) is 1. The Bertz CT molecular complexity index is 884. The number of carbonyl (C=O) groups excluding carboxylic acids is 2. The summed E-state index contributed by atoms with van der Waals surface area (Å²) in [6.45, 7) is 2.11. The summed E-state index contributed by atoms with van der Waals surface area (Å²) in [4.78, 5) is 32.8. The first-order valence-corrected chi connectivity index (χ1v) is 9.05. The lowest BCUT2D eigenvalue weighted by molar-refractivity contribution is -0.142. The monoisotopic (exact) mass is 372 g/mol. The summed E-state index contributed by atoms with van der Waals surface area (Å²) in [6.07, 6.45) is 3.17. The van der Waals surface area contributed by atoms with Gasteiger partial charge in [0.15, 0.2) is 0 Å². The maximum Gasteiger partial charge on any atom is 0.344 e. The molecule has 0 aliphatic carbocycles. The number of fused-ring (bicyclic) bond motifs is 1. The van der Waals surface area contributed by atoms with Gasteiger partial charge in [-0.3, -0.25) is 9.63 Å². The molecule has 0 bridgehead atoms. The number of hydrogen-bond acceptors (Lipinski definition) is 5. The number of carbonyl (C=O) groups is 2. The van der Waals surface area contributed by atoms with Crippen LogP contribution in [0.5, 0.6) is 5.75 Å². The van der Waals surface area contributed by atoms with Crippen LogP contribution in [0.4, 0.5) is 0 Å². The minimum absolute atomic E-state index is 0.0242. The van der Waals surface area contributed by atoms with Crippen molar-refractivity contribution >= 4 is 28.4 Å². The molecular weight excluding hydrogens is 348 g/mol. The molecule has 0 radical (unpaired) electrons. The van der Waals surface area contributed by atoms with E-state index >= 15 is 0 Å². The summed E-state index contributed by atoms with van der Waals surface area (Å²) in [5.41, 5.74) is 4.24. The number of amides is 1. The van der Waals surface area contributed by atoms with E-state index in [-0.39, 0.29) is 5.57 Å². The molecule has 1 atom stereocenters. The highest BCUT2D eigenvalue weighted by molar-refractivity contribution is 6.24. The molecule has 2 N–H and O–H groups in total. The second kappa shape index (κ2) is 8.26. The minimum atomic E-state index is -0.633. The van der Waals surface area contributed by atoms with Crippen LogP contribution >= 0.6 is 0 Å². The van der Waals surface area contributed by atoms with Crippen LogP contribution in [0.15, 0.2) is 29.8 Å². The Morgan fingerprint density at radius 2 is 2.11 bits per heavy atom. The van der Waals surface area contributed by atoms with Crippen molar-refractivity contribution in [2.24, 2.45) is 0 Å². The molecule has 1 aliphatic heterocycles. The summed E-state index contributed by atoms with van der Waals surface area (Å²) < 4.78 is 10.9. The van der Waals surface area contributed by atoms with E-state index in [0.717, 1.165) is 30.2 Å². The number of unbranched alkanes of at least 4 members (excludes halogenated alkanes) is 2. The van der Waals surface area contributed by atoms with Crippen molar-refractivity contribution in [1.82, 2.24) is 10.5 Å². The number of aromatic amines is 1. The van der Waals surface area contributed by atoms with Gasteiger partial charge in [0.2, 0.25) is 0 Å². The quantitative estimate of drug-likeness (QED) is 0.322. The van der Waals surface area contributed by atoms with Crippen LogP contribution in [0.2, 0.25) is 0 Å². The number of benzene rings is 1. The number of hydrogen-bond donors (Lipinski definition) is 2. The van der Waals surface area contributed by atoms with E-state index in [9.17, 15) is 9.59 Å². The van der Waals surface area contributed by atoms with Gasteiger partial charge in [-0.05, 0) is 25.0 Å². The second-order valence-corrected chi connectivity index (χ2v) is 6.42. The highest BCUT2D eigenvalue weighted by Gasteiger charge is 2.39. The van der Waals surface area contributed by atoms with Crippen LogP contribution in [-0.4, -0.2) is 37.2 Å². The highest BCUT2D eigenvalue weighted by Crippen LogP contribution is 2.37. The molecule has 2 heterocycles. The third-order valence-corrected chi connectivity index (χ3v) is 4.66. The Morgan fingerprint density at radius 3 is 2.81 bits per heavy atom. The number of rotatable bonds is 8. The molecule has 7 nitrogen and oxygen atoms in total. The largest absolute Gasteiger partial charge is 0.495 e. The zero-order valence-corrected chi connectivity index (χ0v) is 15.8. The molecule has 3 rings (SSSR count). The molecule has 1 unspecified atom stereocenters. The lowest BCUT2D eigenvalue weighted by atomic mass is 9.97. The van der Waals surface area contributed by atoms with Crippen molar-refractivity contribution in [3.05, 3.63) is 35.5 Å². The first-order chi connectivity index (χ1) is 13.1. The van der Waals surface area contributed by atoms with Crippen LogP contribution in [-0.2, 0) is 19.2 Å². The smallest absolute Gasteiger partial charge is 0.344 e. The van der Waals surface area contributed by atoms with Gasteiger partial charge >= 0.3 is 5.97 Å². The van der Waals surface area contributed by atoms with Crippen molar-refractivity contribution in [3.63, 3.8) is 0 Å². The van der Waals surface area contributed by atoms with E-state index in [4.69, 9.17) is 14.3 Å². The predicted molar refractivity (Wildman–Crippen MR) is 101 cm³/mol. The molecule has 1 aromatic carbocycles. The van der Waals surface area contributed by atoms with E-state index < -0.39 is 18.0 Å². The van der Waals surface area contributed by atoms with Crippen LogP contribution < -0.4 is 10.2 Å². The summed E-state index contributed by atoms with van der Waals surface area (Å²) in [6, 6.07) is 7.59. The molecule has 0 spiro atoms. The zero-order valence-electron chi connectivity index (χ0n) is 15.8. The van der Waals surface area contributed by atoms with Gasteiger partial charge in [-0.2, -0.15) is 0 Å². The molecule has 144 valence electrons. The number of aromatic nitrogens is 1. The SMILES string of the molecule is CCCCCC1OC(=O)C(C(=O)NOC)=C1c1cc2cccc(OC)c2[nH]1. The van der Waals surface area contributed by atoms with E-state index in [0.29, 0.717) is 23.4 Å². The zero-order chi connectivity index (χ0) is 19.4. The van der Waals surface area contributed by atoms with Crippen molar-refractivity contribution in [3.8, 4) is 5.75 Å². The molecule has 0 saturated heterocycles. The van der Waals surface area contributed by atoms with E-state index in [2.05, 4.69) is 17.4 Å². The lowest BCUT2D eigenvalue weighted by Gasteiger charge is -2.13. The standard InChI is InChI=1S/C20H24N2O5/c1-4-5-6-9-14-16(17(20(24)27-14)19(23)22-26-3)13-11-12-8-7-10-15(25-2)18(12)21-13/h7-8,10-11,14,21H,4-6,9H2,1-3H3,(H,22,23). The maximum absolute atomic E-state index is 12.4. The first kappa shape index (κ1) is 19.0. The number of H-pyrrole nitrogens is 1. The van der Waals surface area contributed by atoms with Gasteiger partial charge in [0.1, 0.15) is 17.4 Å². The maximum atomic E-state index is 12.4. The number of nitrogens with one attached hydrogen (secondary N) is 2. The van der Waals surface area contributed by atoms with E-state index in [1.165, 1.54) is 7.11 Å². The summed E-state index contributed by atoms with van der Waals surface area (Å²) >= 11 is 0. The third kappa shape index (κ3) is 3.68. The Kier molecular flexibility index (Phi) is 5.81. The summed E-state index contributed by atoms with van der Waals surface area (Å²) in [5, 5.41) is 0.926. The molecule has 0 fully saturated rings. The minimum Gasteiger partial charge on any atom is -0.495 e. The lowest BCUT2D eigenvalue weighted by Crippen LogP contribution is -2.26. The van der Waals surface area contributed by atoms with Crippen molar-refractivity contribution < 1.29 is 23.9 Å². The van der Waals surface area contributed by atoms with Gasteiger partial charge in [0.05, 0.1) is 19.7 Å². The van der Waals surface area contributed by atoms with Gasteiger partial charge in [0, 0.05) is 16.7 Å². The average Bonchev–Trinajstić information content (AvgIpc) is 3.22. The average molecular weight is 372 g/mol. The molecule has 1 aliphatic rings. The summed E-state index contributed by atoms with van der Waals surface area (Å²) in [5.74, 6) is -0.553. The van der Waals surface area contributed by atoms with Crippen LogP contribution in [0, 0.1) is 0 Å². The molecule has 0 saturated carbocycles. The van der Waals surface area contributed by atoms with Crippen molar-refractivity contribution in [1.29, 1.82) is 0 Å². The fourth-order valence-electron chi connectivity index (χ4n) is 3.41. The van der Waals surface area contributed by atoms with Crippen LogP contribution in [0.3, 0.4) is 0 Å².